The summed E-state index contributed by atoms with van der Waals surface area (Å²) in [7, 11) is 0. The molecule has 0 aliphatic heterocycles. The van der Waals surface area contributed by atoms with E-state index in [0.717, 1.165) is 46.0 Å². The summed E-state index contributed by atoms with van der Waals surface area (Å²) in [4.78, 5) is 0. The number of hydrogen-bond donors (Lipinski definition) is 1. The molecule has 0 aliphatic carbocycles. The Hall–Kier alpha value is -1.26. The van der Waals surface area contributed by atoms with E-state index in [1.807, 2.05) is 32.0 Å². The van der Waals surface area contributed by atoms with Gasteiger partial charge in [0.05, 0.1) is 6.54 Å². The molecule has 0 saturated carbocycles. The van der Waals surface area contributed by atoms with Gasteiger partial charge >= 0.3 is 0 Å². The van der Waals surface area contributed by atoms with Crippen LogP contribution in [0.2, 0.25) is 0 Å². The van der Waals surface area contributed by atoms with E-state index in [2.05, 4.69) is 34.2 Å². The fourth-order valence-electron chi connectivity index (χ4n) is 2.00. The molecular weight excluding hydrogens is 318 g/mol. The maximum Gasteiger partial charge on any atom is 0.122 e. The summed E-state index contributed by atoms with van der Waals surface area (Å²) in [5, 5.41) is 3.25. The highest BCUT2D eigenvalue weighted by molar-refractivity contribution is 9.10. The Bertz CT molecular complexity index is 578. The highest BCUT2D eigenvalue weighted by Gasteiger charge is 2.08. The molecule has 3 nitrogen and oxygen atoms in total. The average molecular weight is 338 g/mol. The van der Waals surface area contributed by atoms with E-state index in [1.165, 1.54) is 0 Å². The molecule has 1 aromatic heterocycles. The Balaban J connectivity index is 2.01. The van der Waals surface area contributed by atoms with Gasteiger partial charge in [0, 0.05) is 10.0 Å². The lowest BCUT2D eigenvalue weighted by molar-refractivity contribution is 0.301. The van der Waals surface area contributed by atoms with E-state index in [-0.39, 0.29) is 0 Å². The van der Waals surface area contributed by atoms with E-state index in [9.17, 15) is 0 Å². The van der Waals surface area contributed by atoms with Crippen molar-refractivity contribution in [3.05, 3.63) is 51.4 Å². The summed E-state index contributed by atoms with van der Waals surface area (Å²) in [6.07, 6.45) is 0. The summed E-state index contributed by atoms with van der Waals surface area (Å²) in [5.74, 6) is 2.78. The zero-order chi connectivity index (χ0) is 14.5. The number of hydrogen-bond acceptors (Lipinski definition) is 3. The first-order valence-electron chi connectivity index (χ1n) is 6.78. The highest BCUT2D eigenvalue weighted by atomic mass is 79.9. The molecule has 0 aliphatic rings. The van der Waals surface area contributed by atoms with E-state index in [4.69, 9.17) is 9.15 Å². The minimum absolute atomic E-state index is 0.532. The van der Waals surface area contributed by atoms with Gasteiger partial charge in [0.1, 0.15) is 23.9 Å². The van der Waals surface area contributed by atoms with Crippen LogP contribution in [-0.2, 0) is 13.2 Å². The fraction of sp³-hybridized carbons (Fsp3) is 0.375. The lowest BCUT2D eigenvalue weighted by Crippen LogP contribution is -2.10. The van der Waals surface area contributed by atoms with Crippen molar-refractivity contribution in [1.29, 1.82) is 0 Å². The maximum atomic E-state index is 5.88. The van der Waals surface area contributed by atoms with Crippen molar-refractivity contribution < 1.29 is 9.15 Å². The zero-order valence-electron chi connectivity index (χ0n) is 12.1. The number of halogens is 1. The van der Waals surface area contributed by atoms with Crippen molar-refractivity contribution in [2.24, 2.45) is 0 Å². The molecule has 2 aromatic rings. The Morgan fingerprint density at radius 1 is 1.25 bits per heavy atom. The summed E-state index contributed by atoms with van der Waals surface area (Å²) >= 11 is 3.45. The predicted molar refractivity (Wildman–Crippen MR) is 84.0 cm³/mol. The van der Waals surface area contributed by atoms with Crippen molar-refractivity contribution in [3.8, 4) is 5.75 Å². The Morgan fingerprint density at radius 3 is 2.75 bits per heavy atom. The first-order chi connectivity index (χ1) is 9.60. The molecule has 1 heterocycles. The summed E-state index contributed by atoms with van der Waals surface area (Å²) < 4.78 is 12.6. The quantitative estimate of drug-likeness (QED) is 0.850. The molecule has 0 saturated heterocycles. The molecule has 0 unspecified atom stereocenters. The molecule has 0 spiro atoms. The van der Waals surface area contributed by atoms with Crippen LogP contribution in [0.5, 0.6) is 5.75 Å². The summed E-state index contributed by atoms with van der Waals surface area (Å²) in [6.45, 7) is 8.32. The van der Waals surface area contributed by atoms with Crippen LogP contribution in [0.3, 0.4) is 0 Å². The molecule has 1 N–H and O–H groups in total. The SMILES string of the molecule is CCNCc1cc(COc2ccc(Br)cc2C)c(C)o1. The van der Waals surface area contributed by atoms with Gasteiger partial charge in [0.25, 0.3) is 0 Å². The van der Waals surface area contributed by atoms with Crippen LogP contribution in [0.1, 0.15) is 29.6 Å². The molecule has 0 fully saturated rings. The van der Waals surface area contributed by atoms with Gasteiger partial charge in [-0.05, 0) is 50.2 Å². The lowest BCUT2D eigenvalue weighted by Gasteiger charge is -2.08. The molecule has 0 radical (unpaired) electrons. The van der Waals surface area contributed by atoms with Crippen molar-refractivity contribution in [2.45, 2.75) is 33.9 Å². The van der Waals surface area contributed by atoms with Crippen LogP contribution < -0.4 is 10.1 Å². The predicted octanol–water partition coefficient (Wildman–Crippen LogP) is 4.35. The lowest BCUT2D eigenvalue weighted by atomic mass is 10.2. The van der Waals surface area contributed by atoms with Crippen LogP contribution in [0.4, 0.5) is 0 Å². The van der Waals surface area contributed by atoms with Crippen LogP contribution in [0.25, 0.3) is 0 Å². The first kappa shape index (κ1) is 15.1. The Kier molecular flexibility index (Phi) is 5.26. The number of furan rings is 1. The molecule has 4 heteroatoms. The van der Waals surface area contributed by atoms with Gasteiger partial charge in [-0.1, -0.05) is 22.9 Å². The van der Waals surface area contributed by atoms with E-state index >= 15 is 0 Å². The molecule has 20 heavy (non-hydrogen) atoms. The second-order valence-corrected chi connectivity index (χ2v) is 5.69. The molecule has 0 atom stereocenters. The smallest absolute Gasteiger partial charge is 0.122 e. The average Bonchev–Trinajstić information content (AvgIpc) is 2.76. The van der Waals surface area contributed by atoms with Gasteiger partial charge in [-0.15, -0.1) is 0 Å². The van der Waals surface area contributed by atoms with Crippen molar-refractivity contribution in [2.75, 3.05) is 6.54 Å². The third-order valence-electron chi connectivity index (χ3n) is 3.14. The maximum absolute atomic E-state index is 5.88. The second kappa shape index (κ2) is 6.95. The van der Waals surface area contributed by atoms with E-state index < -0.39 is 0 Å². The number of nitrogens with one attached hydrogen (secondary N) is 1. The van der Waals surface area contributed by atoms with Crippen molar-refractivity contribution >= 4 is 15.9 Å². The van der Waals surface area contributed by atoms with Gasteiger partial charge in [-0.25, -0.2) is 0 Å². The number of aryl methyl sites for hydroxylation is 2. The minimum Gasteiger partial charge on any atom is -0.489 e. The van der Waals surface area contributed by atoms with Gasteiger partial charge in [-0.3, -0.25) is 0 Å². The molecular formula is C16H20BrNO2. The van der Waals surface area contributed by atoms with Crippen LogP contribution in [0, 0.1) is 13.8 Å². The first-order valence-corrected chi connectivity index (χ1v) is 7.57. The topological polar surface area (TPSA) is 34.4 Å². The van der Waals surface area contributed by atoms with Gasteiger partial charge in [0.2, 0.25) is 0 Å². The number of ether oxygens (including phenoxy) is 1. The zero-order valence-corrected chi connectivity index (χ0v) is 13.7. The summed E-state index contributed by atoms with van der Waals surface area (Å²) in [5.41, 5.74) is 2.22. The molecule has 0 bridgehead atoms. The van der Waals surface area contributed by atoms with Gasteiger partial charge in [0.15, 0.2) is 0 Å². The standard InChI is InChI=1S/C16H20BrNO2/c1-4-18-9-15-8-13(12(3)20-15)10-19-16-6-5-14(17)7-11(16)2/h5-8,18H,4,9-10H2,1-3H3. The van der Waals surface area contributed by atoms with Crippen molar-refractivity contribution in [3.63, 3.8) is 0 Å². The number of rotatable bonds is 6. The Morgan fingerprint density at radius 2 is 2.05 bits per heavy atom. The molecule has 1 aromatic carbocycles. The van der Waals surface area contributed by atoms with E-state index in [0.29, 0.717) is 6.61 Å². The largest absolute Gasteiger partial charge is 0.489 e. The minimum atomic E-state index is 0.532. The van der Waals surface area contributed by atoms with Crippen LogP contribution >= 0.6 is 15.9 Å². The Labute approximate surface area is 128 Å². The third kappa shape index (κ3) is 3.87. The van der Waals surface area contributed by atoms with Crippen LogP contribution in [0.15, 0.2) is 33.2 Å². The second-order valence-electron chi connectivity index (χ2n) is 4.77. The number of benzene rings is 1. The van der Waals surface area contributed by atoms with Gasteiger partial charge < -0.3 is 14.5 Å². The summed E-state index contributed by atoms with van der Waals surface area (Å²) in [6, 6.07) is 8.08. The van der Waals surface area contributed by atoms with Crippen LogP contribution in [-0.4, -0.2) is 6.54 Å². The monoisotopic (exact) mass is 337 g/mol. The highest BCUT2D eigenvalue weighted by Crippen LogP contribution is 2.24. The van der Waals surface area contributed by atoms with Crippen molar-refractivity contribution in [1.82, 2.24) is 5.32 Å². The normalized spacial score (nSPS) is 10.8. The third-order valence-corrected chi connectivity index (χ3v) is 3.63. The van der Waals surface area contributed by atoms with Gasteiger partial charge in [-0.2, -0.15) is 0 Å². The molecule has 0 amide bonds. The molecule has 2 rings (SSSR count). The molecule has 108 valence electrons. The van der Waals surface area contributed by atoms with E-state index in [1.54, 1.807) is 0 Å². The fourth-order valence-corrected chi connectivity index (χ4v) is 2.47.